The lowest BCUT2D eigenvalue weighted by molar-refractivity contribution is 1.00. The molecule has 19 heavy (non-hydrogen) atoms. The van der Waals surface area contributed by atoms with Crippen molar-refractivity contribution in [1.29, 1.82) is 0 Å². The van der Waals surface area contributed by atoms with Gasteiger partial charge in [0.1, 0.15) is 17.5 Å². The Morgan fingerprint density at radius 2 is 1.68 bits per heavy atom. The molecule has 0 atom stereocenters. The van der Waals surface area contributed by atoms with E-state index < -0.39 is 0 Å². The normalized spacial score (nSPS) is 10.3. The Hall–Kier alpha value is -1.81. The molecule has 2 N–H and O–H groups in total. The van der Waals surface area contributed by atoms with Crippen molar-refractivity contribution in [3.8, 4) is 0 Å². The highest BCUT2D eigenvalue weighted by Gasteiger charge is 2.07. The molecule has 0 radical (unpaired) electrons. The van der Waals surface area contributed by atoms with Crippen LogP contribution in [0.4, 0.5) is 11.6 Å². The highest BCUT2D eigenvalue weighted by Crippen LogP contribution is 2.20. The van der Waals surface area contributed by atoms with Crippen molar-refractivity contribution in [1.82, 2.24) is 9.97 Å². The summed E-state index contributed by atoms with van der Waals surface area (Å²) < 4.78 is 0. The molecule has 2 rings (SSSR count). The van der Waals surface area contributed by atoms with Crippen LogP contribution < -0.4 is 10.6 Å². The molecule has 0 unspecified atom stereocenters. The van der Waals surface area contributed by atoms with Crippen LogP contribution in [0.1, 0.15) is 17.0 Å². The van der Waals surface area contributed by atoms with E-state index in [-0.39, 0.29) is 0 Å². The number of hydrogen-bond acceptors (Lipinski definition) is 4. The van der Waals surface area contributed by atoms with Gasteiger partial charge in [0.25, 0.3) is 0 Å². The van der Waals surface area contributed by atoms with E-state index >= 15 is 0 Å². The van der Waals surface area contributed by atoms with Gasteiger partial charge in [-0.25, -0.2) is 9.97 Å². The maximum atomic E-state index is 5.87. The zero-order valence-corrected chi connectivity index (χ0v) is 12.0. The number of nitrogens with zero attached hydrogens (tertiary/aromatic N) is 2. The van der Waals surface area contributed by atoms with E-state index in [9.17, 15) is 0 Å². The third-order valence-electron chi connectivity index (χ3n) is 2.87. The molecule has 0 aliphatic heterocycles. The van der Waals surface area contributed by atoms with Crippen molar-refractivity contribution >= 4 is 23.2 Å². The molecule has 0 saturated carbocycles. The standard InChI is InChI=1S/C14H17ClN4/c1-9-13(16-3)18-10(2)19-14(9)17-8-11-4-6-12(15)7-5-11/h4-7H,8H2,1-3H3,(H2,16,17,18,19). The van der Waals surface area contributed by atoms with Crippen LogP contribution in [0.25, 0.3) is 0 Å². The minimum Gasteiger partial charge on any atom is -0.373 e. The molecule has 0 aliphatic rings. The van der Waals surface area contributed by atoms with Crippen LogP contribution in [0.5, 0.6) is 0 Å². The van der Waals surface area contributed by atoms with E-state index in [0.29, 0.717) is 6.54 Å². The average Bonchev–Trinajstić information content (AvgIpc) is 2.41. The molecular weight excluding hydrogens is 260 g/mol. The summed E-state index contributed by atoms with van der Waals surface area (Å²) >= 11 is 5.87. The highest BCUT2D eigenvalue weighted by molar-refractivity contribution is 6.30. The summed E-state index contributed by atoms with van der Waals surface area (Å²) in [5.41, 5.74) is 2.17. The van der Waals surface area contributed by atoms with E-state index in [1.54, 1.807) is 0 Å². The van der Waals surface area contributed by atoms with Crippen LogP contribution in [0.3, 0.4) is 0 Å². The zero-order valence-electron chi connectivity index (χ0n) is 11.3. The van der Waals surface area contributed by atoms with Gasteiger partial charge < -0.3 is 10.6 Å². The maximum Gasteiger partial charge on any atom is 0.135 e. The Balaban J connectivity index is 2.15. The molecule has 1 aromatic carbocycles. The Labute approximate surface area is 118 Å². The second-order valence-corrected chi connectivity index (χ2v) is 4.76. The quantitative estimate of drug-likeness (QED) is 0.899. The molecular formula is C14H17ClN4. The Bertz CT molecular complexity index is 566. The SMILES string of the molecule is CNc1nc(C)nc(NCc2ccc(Cl)cc2)c1C. The Morgan fingerprint density at radius 1 is 1.05 bits per heavy atom. The number of aryl methyl sites for hydroxylation is 1. The van der Waals surface area contributed by atoms with Gasteiger partial charge in [0.2, 0.25) is 0 Å². The lowest BCUT2D eigenvalue weighted by Gasteiger charge is -2.12. The van der Waals surface area contributed by atoms with E-state index in [2.05, 4.69) is 20.6 Å². The third-order valence-corrected chi connectivity index (χ3v) is 3.12. The number of rotatable bonds is 4. The molecule has 5 heteroatoms. The minimum atomic E-state index is 0.706. The number of benzene rings is 1. The fourth-order valence-corrected chi connectivity index (χ4v) is 1.96. The number of hydrogen-bond donors (Lipinski definition) is 2. The first kappa shape index (κ1) is 13.6. The predicted octanol–water partition coefficient (Wildman–Crippen LogP) is 3.40. The summed E-state index contributed by atoms with van der Waals surface area (Å²) in [5, 5.41) is 7.15. The maximum absolute atomic E-state index is 5.87. The summed E-state index contributed by atoms with van der Waals surface area (Å²) in [6.07, 6.45) is 0. The molecule has 100 valence electrons. The van der Waals surface area contributed by atoms with Crippen molar-refractivity contribution in [3.63, 3.8) is 0 Å². The van der Waals surface area contributed by atoms with Crippen molar-refractivity contribution in [3.05, 3.63) is 46.2 Å². The lowest BCUT2D eigenvalue weighted by atomic mass is 10.2. The van der Waals surface area contributed by atoms with Gasteiger partial charge in [-0.05, 0) is 31.5 Å². The molecule has 0 saturated heterocycles. The Kier molecular flexibility index (Phi) is 4.22. The van der Waals surface area contributed by atoms with Crippen LogP contribution >= 0.6 is 11.6 Å². The average molecular weight is 277 g/mol. The highest BCUT2D eigenvalue weighted by atomic mass is 35.5. The summed E-state index contributed by atoms with van der Waals surface area (Å²) in [6, 6.07) is 7.76. The molecule has 0 fully saturated rings. The molecule has 0 spiro atoms. The van der Waals surface area contributed by atoms with Crippen molar-refractivity contribution in [2.24, 2.45) is 0 Å². The fourth-order valence-electron chi connectivity index (χ4n) is 1.83. The van der Waals surface area contributed by atoms with Gasteiger partial charge in [-0.15, -0.1) is 0 Å². The topological polar surface area (TPSA) is 49.8 Å². The molecule has 0 bridgehead atoms. The summed E-state index contributed by atoms with van der Waals surface area (Å²) in [7, 11) is 1.86. The van der Waals surface area contributed by atoms with Crippen molar-refractivity contribution in [2.75, 3.05) is 17.7 Å². The van der Waals surface area contributed by atoms with Crippen LogP contribution in [-0.4, -0.2) is 17.0 Å². The third kappa shape index (κ3) is 3.35. The van der Waals surface area contributed by atoms with Crippen LogP contribution in [0.2, 0.25) is 5.02 Å². The molecule has 4 nitrogen and oxygen atoms in total. The lowest BCUT2D eigenvalue weighted by Crippen LogP contribution is -2.08. The van der Waals surface area contributed by atoms with Crippen LogP contribution in [0.15, 0.2) is 24.3 Å². The van der Waals surface area contributed by atoms with Gasteiger partial charge in [0.15, 0.2) is 0 Å². The molecule has 1 aromatic heterocycles. The molecule has 0 amide bonds. The van der Waals surface area contributed by atoms with Gasteiger partial charge in [0.05, 0.1) is 0 Å². The van der Waals surface area contributed by atoms with E-state index in [0.717, 1.165) is 33.6 Å². The first-order valence-corrected chi connectivity index (χ1v) is 6.49. The first-order valence-electron chi connectivity index (χ1n) is 6.11. The minimum absolute atomic E-state index is 0.706. The summed E-state index contributed by atoms with van der Waals surface area (Å²) in [5.74, 6) is 2.45. The number of aromatic nitrogens is 2. The van der Waals surface area contributed by atoms with Crippen LogP contribution in [0, 0.1) is 13.8 Å². The summed E-state index contributed by atoms with van der Waals surface area (Å²) in [4.78, 5) is 8.76. The van der Waals surface area contributed by atoms with Gasteiger partial charge in [-0.1, -0.05) is 23.7 Å². The van der Waals surface area contributed by atoms with E-state index in [4.69, 9.17) is 11.6 Å². The zero-order chi connectivity index (χ0) is 13.8. The fraction of sp³-hybridized carbons (Fsp3) is 0.286. The van der Waals surface area contributed by atoms with Crippen molar-refractivity contribution < 1.29 is 0 Å². The molecule has 0 aliphatic carbocycles. The second kappa shape index (κ2) is 5.89. The molecule has 1 heterocycles. The number of anilines is 2. The van der Waals surface area contributed by atoms with Gasteiger partial charge >= 0.3 is 0 Å². The smallest absolute Gasteiger partial charge is 0.135 e. The predicted molar refractivity (Wildman–Crippen MR) is 79.8 cm³/mol. The van der Waals surface area contributed by atoms with Gasteiger partial charge in [0, 0.05) is 24.2 Å². The summed E-state index contributed by atoms with van der Waals surface area (Å²) in [6.45, 7) is 4.58. The molecule has 2 aromatic rings. The van der Waals surface area contributed by atoms with Crippen molar-refractivity contribution in [2.45, 2.75) is 20.4 Å². The number of nitrogens with one attached hydrogen (secondary N) is 2. The van der Waals surface area contributed by atoms with Gasteiger partial charge in [-0.3, -0.25) is 0 Å². The van der Waals surface area contributed by atoms with Gasteiger partial charge in [-0.2, -0.15) is 0 Å². The van der Waals surface area contributed by atoms with Crippen LogP contribution in [-0.2, 0) is 6.54 Å². The van der Waals surface area contributed by atoms with E-state index in [1.165, 1.54) is 0 Å². The Morgan fingerprint density at radius 3 is 2.32 bits per heavy atom. The first-order chi connectivity index (χ1) is 9.10. The largest absolute Gasteiger partial charge is 0.373 e. The second-order valence-electron chi connectivity index (χ2n) is 4.32. The monoisotopic (exact) mass is 276 g/mol. The number of halogens is 1. The van der Waals surface area contributed by atoms with E-state index in [1.807, 2.05) is 45.2 Å².